The number of imide groups is 1. The van der Waals surface area contributed by atoms with E-state index in [-0.39, 0.29) is 35.1 Å². The summed E-state index contributed by atoms with van der Waals surface area (Å²) in [5.74, 6) is -1.68. The Kier molecular flexibility index (Phi) is 7.71. The summed E-state index contributed by atoms with van der Waals surface area (Å²) < 4.78 is 13.4. The van der Waals surface area contributed by atoms with Crippen molar-refractivity contribution < 1.29 is 28.8 Å². The first kappa shape index (κ1) is 29.6. The van der Waals surface area contributed by atoms with Crippen LogP contribution in [0.1, 0.15) is 45.3 Å². The average molecular weight is 596 g/mol. The second-order valence-corrected chi connectivity index (χ2v) is 17.3. The van der Waals surface area contributed by atoms with Gasteiger partial charge in [-0.1, -0.05) is 93.6 Å². The maximum absolute atomic E-state index is 13.4. The molecule has 222 valence electrons. The Morgan fingerprint density at radius 2 is 1.49 bits per heavy atom. The zero-order chi connectivity index (χ0) is 30.5. The number of likely N-dealkylation sites (tertiary alicyclic amines) is 1. The van der Waals surface area contributed by atoms with Crippen molar-refractivity contribution >= 4 is 37.6 Å². The number of fused-ring (bicyclic) bond motifs is 3. The summed E-state index contributed by atoms with van der Waals surface area (Å²) in [6, 6.07) is 27.4. The topological polar surface area (TPSA) is 96.3 Å². The standard InChI is InChI=1S/C34H38BNO6Si/c1-34(2,3)43(25-11-7-5-8-12-25,26-13-9-6-10-14-26)41-21-23-19-28-30(33(39)36(4)32(28)38)27-20-29(42-35(40)31(23)27)22-15-17-24(37)18-16-22/h5-18,27-30,37,40H,19-21H2,1-4H3/t27-,28-,29-,30+/m0/s1. The van der Waals surface area contributed by atoms with Gasteiger partial charge in [-0.2, -0.15) is 0 Å². The molecule has 1 aliphatic carbocycles. The molecule has 2 heterocycles. The normalized spacial score (nSPS) is 24.3. The number of carbonyl (C=O) groups excluding carboxylic acids is 2. The van der Waals surface area contributed by atoms with Gasteiger partial charge in [0.1, 0.15) is 5.75 Å². The van der Waals surface area contributed by atoms with Crippen molar-refractivity contribution in [3.63, 3.8) is 0 Å². The Morgan fingerprint density at radius 1 is 0.907 bits per heavy atom. The number of benzene rings is 3. The summed E-state index contributed by atoms with van der Waals surface area (Å²) >= 11 is 0. The second kappa shape index (κ2) is 11.2. The molecular weight excluding hydrogens is 557 g/mol. The maximum Gasteiger partial charge on any atom is 0.487 e. The molecule has 4 atom stereocenters. The van der Waals surface area contributed by atoms with Crippen molar-refractivity contribution in [3.05, 3.63) is 102 Å². The summed E-state index contributed by atoms with van der Waals surface area (Å²) in [5, 5.41) is 23.4. The molecule has 2 fully saturated rings. The lowest BCUT2D eigenvalue weighted by Gasteiger charge is -2.45. The van der Waals surface area contributed by atoms with Crippen LogP contribution in [-0.4, -0.2) is 55.9 Å². The van der Waals surface area contributed by atoms with Crippen LogP contribution >= 0.6 is 0 Å². The van der Waals surface area contributed by atoms with E-state index in [4.69, 9.17) is 9.08 Å². The summed E-state index contributed by atoms with van der Waals surface area (Å²) in [6.07, 6.45) is 0.290. The molecule has 7 nitrogen and oxygen atoms in total. The van der Waals surface area contributed by atoms with Crippen molar-refractivity contribution in [2.75, 3.05) is 13.7 Å². The first-order valence-corrected chi connectivity index (χ1v) is 16.8. The van der Waals surface area contributed by atoms with Gasteiger partial charge < -0.3 is 19.2 Å². The van der Waals surface area contributed by atoms with E-state index in [1.807, 2.05) is 36.4 Å². The largest absolute Gasteiger partial charge is 0.508 e. The monoisotopic (exact) mass is 595 g/mol. The first-order valence-electron chi connectivity index (χ1n) is 14.9. The van der Waals surface area contributed by atoms with Gasteiger partial charge in [0.05, 0.1) is 24.5 Å². The summed E-state index contributed by atoms with van der Waals surface area (Å²) in [4.78, 5) is 28.0. The third-order valence-corrected chi connectivity index (χ3v) is 14.6. The highest BCUT2D eigenvalue weighted by Crippen LogP contribution is 2.51. The average Bonchev–Trinajstić information content (AvgIpc) is 3.21. The van der Waals surface area contributed by atoms with Crippen molar-refractivity contribution in [1.29, 1.82) is 0 Å². The van der Waals surface area contributed by atoms with Gasteiger partial charge >= 0.3 is 7.12 Å². The number of hydrogen-bond acceptors (Lipinski definition) is 6. The molecular formula is C34H38BNO6Si. The molecule has 0 bridgehead atoms. The van der Waals surface area contributed by atoms with Gasteiger partial charge in [0.2, 0.25) is 11.8 Å². The molecule has 3 aromatic carbocycles. The number of allylic oxidation sites excluding steroid dienone is 1. The number of amides is 2. The predicted octanol–water partition coefficient (Wildman–Crippen LogP) is 4.00. The highest BCUT2D eigenvalue weighted by Gasteiger charge is 2.58. The van der Waals surface area contributed by atoms with Gasteiger partial charge in [-0.15, -0.1) is 0 Å². The van der Waals surface area contributed by atoms with Crippen LogP contribution in [0.15, 0.2) is 96.0 Å². The van der Waals surface area contributed by atoms with Crippen molar-refractivity contribution in [2.45, 2.75) is 44.8 Å². The van der Waals surface area contributed by atoms with E-state index in [1.165, 1.54) is 4.90 Å². The maximum atomic E-state index is 13.4. The predicted molar refractivity (Wildman–Crippen MR) is 168 cm³/mol. The third kappa shape index (κ3) is 4.98. The van der Waals surface area contributed by atoms with Crippen LogP contribution in [0.3, 0.4) is 0 Å². The molecule has 0 aromatic heterocycles. The zero-order valence-corrected chi connectivity index (χ0v) is 26.1. The molecule has 0 radical (unpaired) electrons. The minimum absolute atomic E-state index is 0.138. The molecule has 3 aromatic rings. The summed E-state index contributed by atoms with van der Waals surface area (Å²) in [5.41, 5.74) is 2.31. The molecule has 0 saturated carbocycles. The fraction of sp³-hybridized carbons (Fsp3) is 0.353. The lowest BCUT2D eigenvalue weighted by Crippen LogP contribution is -2.66. The fourth-order valence-electron chi connectivity index (χ4n) is 7.56. The minimum Gasteiger partial charge on any atom is -0.508 e. The number of nitrogens with zero attached hydrogens (tertiary/aromatic N) is 1. The van der Waals surface area contributed by atoms with Gasteiger partial charge in [0, 0.05) is 7.05 Å². The van der Waals surface area contributed by atoms with E-state index in [2.05, 4.69) is 45.0 Å². The van der Waals surface area contributed by atoms with Gasteiger partial charge in [-0.05, 0) is 62.9 Å². The molecule has 2 saturated heterocycles. The molecule has 3 aliphatic rings. The van der Waals surface area contributed by atoms with Crippen LogP contribution in [0.25, 0.3) is 0 Å². The molecule has 2 amide bonds. The van der Waals surface area contributed by atoms with Crippen molar-refractivity contribution in [3.8, 4) is 5.75 Å². The molecule has 2 N–H and O–H groups in total. The zero-order valence-electron chi connectivity index (χ0n) is 25.1. The Bertz CT molecular complexity index is 1500. The van der Waals surface area contributed by atoms with E-state index in [0.717, 1.165) is 21.5 Å². The number of hydrogen-bond donors (Lipinski definition) is 2. The van der Waals surface area contributed by atoms with E-state index >= 15 is 0 Å². The minimum atomic E-state index is -2.90. The highest BCUT2D eigenvalue weighted by atomic mass is 28.4. The number of aromatic hydroxyl groups is 1. The van der Waals surface area contributed by atoms with E-state index in [1.54, 1.807) is 31.3 Å². The molecule has 43 heavy (non-hydrogen) atoms. The number of rotatable bonds is 6. The van der Waals surface area contributed by atoms with Crippen LogP contribution in [0.5, 0.6) is 5.75 Å². The van der Waals surface area contributed by atoms with Crippen LogP contribution < -0.4 is 10.4 Å². The summed E-state index contributed by atoms with van der Waals surface area (Å²) in [6.45, 7) is 6.86. The van der Waals surface area contributed by atoms with Gasteiger partial charge in [-0.3, -0.25) is 14.5 Å². The van der Waals surface area contributed by atoms with Crippen molar-refractivity contribution in [1.82, 2.24) is 4.90 Å². The van der Waals surface area contributed by atoms with E-state index < -0.39 is 33.4 Å². The number of phenolic OH excluding ortho intramolecular Hbond substituents is 1. The quantitative estimate of drug-likeness (QED) is 0.331. The third-order valence-electron chi connectivity index (χ3n) is 9.58. The smallest absolute Gasteiger partial charge is 0.487 e. The SMILES string of the molecule is CN1C(=O)[C@H]2[C@H](CC(CO[Si](c3ccccc3)(c3ccccc3)C(C)(C)C)=C3B(O)O[C@H](c4ccc(O)cc4)C[C@H]32)C1=O. The lowest BCUT2D eigenvalue weighted by molar-refractivity contribution is -0.138. The Hall–Kier alpha value is -3.50. The molecule has 0 unspecified atom stereocenters. The fourth-order valence-corrected chi connectivity index (χ4v) is 12.1. The van der Waals surface area contributed by atoms with Gasteiger partial charge in [-0.25, -0.2) is 0 Å². The molecule has 0 spiro atoms. The van der Waals surface area contributed by atoms with Gasteiger partial charge in [0.15, 0.2) is 0 Å². The lowest BCUT2D eigenvalue weighted by atomic mass is 9.55. The Morgan fingerprint density at radius 3 is 2.05 bits per heavy atom. The molecule has 9 heteroatoms. The number of carbonyl (C=O) groups is 2. The second-order valence-electron chi connectivity index (χ2n) is 13.0. The highest BCUT2D eigenvalue weighted by molar-refractivity contribution is 6.99. The van der Waals surface area contributed by atoms with Crippen LogP contribution in [0, 0.1) is 17.8 Å². The van der Waals surface area contributed by atoms with Crippen molar-refractivity contribution in [2.24, 2.45) is 17.8 Å². The van der Waals surface area contributed by atoms with Crippen LogP contribution in [0.4, 0.5) is 0 Å². The number of phenols is 1. The molecule has 6 rings (SSSR count). The van der Waals surface area contributed by atoms with E-state index in [0.29, 0.717) is 18.3 Å². The first-order chi connectivity index (χ1) is 20.5. The molecule has 2 aliphatic heterocycles. The summed E-state index contributed by atoms with van der Waals surface area (Å²) in [7, 11) is -2.60. The van der Waals surface area contributed by atoms with E-state index in [9.17, 15) is 19.7 Å². The Balaban J connectivity index is 1.43. The van der Waals surface area contributed by atoms with Gasteiger partial charge in [0.25, 0.3) is 8.32 Å². The Labute approximate surface area is 254 Å². The van der Waals surface area contributed by atoms with Crippen LogP contribution in [0.2, 0.25) is 5.04 Å². The van der Waals surface area contributed by atoms with Crippen LogP contribution in [-0.2, 0) is 18.7 Å².